The fourth-order valence-corrected chi connectivity index (χ4v) is 1.25. The molecule has 0 fully saturated rings. The van der Waals surface area contributed by atoms with Gasteiger partial charge in [-0.3, -0.25) is 5.41 Å². The zero-order valence-electron chi connectivity index (χ0n) is 4.19. The molecule has 0 aromatic heterocycles. The largest absolute Gasteiger partial charge is 0.294 e. The second-order valence-corrected chi connectivity index (χ2v) is 2.66. The van der Waals surface area contributed by atoms with Gasteiger partial charge in [0.15, 0.2) is 0 Å². The van der Waals surface area contributed by atoms with E-state index >= 15 is 0 Å². The monoisotopic (exact) mass is 113 g/mol. The fourth-order valence-electron chi connectivity index (χ4n) is 0.499. The van der Waals surface area contributed by atoms with Gasteiger partial charge in [0.2, 0.25) is 0 Å². The number of thioether (sulfide) groups is 1. The molecule has 1 aliphatic rings. The lowest BCUT2D eigenvalue weighted by molar-refractivity contribution is 1.44. The van der Waals surface area contributed by atoms with Crippen LogP contribution in [0.2, 0.25) is 0 Å². The Morgan fingerprint density at radius 3 is 2.71 bits per heavy atom. The van der Waals surface area contributed by atoms with Crippen LogP contribution in [0.5, 0.6) is 0 Å². The lowest BCUT2D eigenvalue weighted by Gasteiger charge is -1.79. The first-order valence-corrected chi connectivity index (χ1v) is 3.16. The highest BCUT2D eigenvalue weighted by Crippen LogP contribution is 2.17. The smallest absolute Gasteiger partial charge is 0.0872 e. The Balaban J connectivity index is 2.67. The van der Waals surface area contributed by atoms with Gasteiger partial charge in [0, 0.05) is 5.75 Å². The molecular weight excluding hydrogens is 106 g/mol. The molecule has 1 rings (SSSR count). The average molecular weight is 113 g/mol. The first-order valence-electron chi connectivity index (χ1n) is 2.17. The molecule has 1 nitrogen and oxygen atoms in total. The molecule has 0 amide bonds. The van der Waals surface area contributed by atoms with E-state index in [1.807, 2.05) is 6.08 Å². The van der Waals surface area contributed by atoms with E-state index in [0.717, 1.165) is 5.75 Å². The summed E-state index contributed by atoms with van der Waals surface area (Å²) >= 11 is 1.60. The minimum atomic E-state index is 0.706. The number of rotatable bonds is 0. The zero-order chi connectivity index (χ0) is 5.28. The summed E-state index contributed by atoms with van der Waals surface area (Å²) in [7, 11) is 0. The van der Waals surface area contributed by atoms with E-state index in [9.17, 15) is 0 Å². The second kappa shape index (κ2) is 1.70. The molecular formula is C5H7NS. The molecule has 0 unspecified atom stereocenters. The predicted octanol–water partition coefficient (Wildman–Crippen LogP) is 1.66. The van der Waals surface area contributed by atoms with Crippen molar-refractivity contribution in [1.29, 1.82) is 5.41 Å². The highest BCUT2D eigenvalue weighted by atomic mass is 32.2. The molecule has 2 heteroatoms. The van der Waals surface area contributed by atoms with E-state index in [2.05, 4.69) is 6.92 Å². The van der Waals surface area contributed by atoms with E-state index in [0.29, 0.717) is 5.04 Å². The fraction of sp³-hybridized carbons (Fsp3) is 0.400. The van der Waals surface area contributed by atoms with Crippen LogP contribution in [-0.2, 0) is 0 Å². The molecule has 38 valence electrons. The third kappa shape index (κ3) is 1.06. The van der Waals surface area contributed by atoms with E-state index in [4.69, 9.17) is 5.41 Å². The maximum absolute atomic E-state index is 7.07. The minimum Gasteiger partial charge on any atom is -0.294 e. The Labute approximate surface area is 47.3 Å². The first kappa shape index (κ1) is 4.91. The molecule has 0 saturated heterocycles. The van der Waals surface area contributed by atoms with Crippen molar-refractivity contribution in [1.82, 2.24) is 0 Å². The summed E-state index contributed by atoms with van der Waals surface area (Å²) in [6, 6.07) is 0. The van der Waals surface area contributed by atoms with E-state index in [1.165, 1.54) is 5.57 Å². The zero-order valence-corrected chi connectivity index (χ0v) is 5.01. The molecule has 0 atom stereocenters. The van der Waals surface area contributed by atoms with Crippen molar-refractivity contribution < 1.29 is 0 Å². The highest BCUT2D eigenvalue weighted by molar-refractivity contribution is 8.14. The van der Waals surface area contributed by atoms with Crippen molar-refractivity contribution in [2.24, 2.45) is 0 Å². The Hall–Kier alpha value is -0.240. The molecule has 1 N–H and O–H groups in total. The van der Waals surface area contributed by atoms with Gasteiger partial charge < -0.3 is 0 Å². The molecule has 0 radical (unpaired) electrons. The van der Waals surface area contributed by atoms with Gasteiger partial charge in [-0.25, -0.2) is 0 Å². The van der Waals surface area contributed by atoms with E-state index in [1.54, 1.807) is 11.8 Å². The Kier molecular flexibility index (Phi) is 1.19. The number of hydrogen-bond donors (Lipinski definition) is 1. The van der Waals surface area contributed by atoms with Gasteiger partial charge in [-0.2, -0.15) is 0 Å². The Bertz CT molecular complexity index is 126. The van der Waals surface area contributed by atoms with Crippen LogP contribution in [0.4, 0.5) is 0 Å². The highest BCUT2D eigenvalue weighted by Gasteiger charge is 2.02. The maximum atomic E-state index is 7.07. The molecule has 0 saturated carbocycles. The number of nitrogens with one attached hydrogen (secondary N) is 1. The van der Waals surface area contributed by atoms with Crippen LogP contribution in [0.3, 0.4) is 0 Å². The van der Waals surface area contributed by atoms with Gasteiger partial charge in [0.1, 0.15) is 0 Å². The summed E-state index contributed by atoms with van der Waals surface area (Å²) in [5.41, 5.74) is 1.31. The van der Waals surface area contributed by atoms with E-state index in [-0.39, 0.29) is 0 Å². The van der Waals surface area contributed by atoms with Gasteiger partial charge >= 0.3 is 0 Å². The average Bonchev–Trinajstić information content (AvgIpc) is 1.87. The van der Waals surface area contributed by atoms with Crippen molar-refractivity contribution >= 4 is 16.8 Å². The Morgan fingerprint density at radius 1 is 1.86 bits per heavy atom. The van der Waals surface area contributed by atoms with Gasteiger partial charge in [0.05, 0.1) is 5.04 Å². The van der Waals surface area contributed by atoms with Crippen molar-refractivity contribution in [2.75, 3.05) is 5.75 Å². The van der Waals surface area contributed by atoms with Gasteiger partial charge in [0.25, 0.3) is 0 Å². The van der Waals surface area contributed by atoms with Crippen LogP contribution in [0.25, 0.3) is 0 Å². The topological polar surface area (TPSA) is 23.9 Å². The van der Waals surface area contributed by atoms with Crippen LogP contribution >= 0.6 is 11.8 Å². The third-order valence-electron chi connectivity index (χ3n) is 0.833. The SMILES string of the molecule is CC1=CC(=N)SC1. The van der Waals surface area contributed by atoms with Crippen LogP contribution in [0.1, 0.15) is 6.92 Å². The molecule has 0 bridgehead atoms. The third-order valence-corrected chi connectivity index (χ3v) is 1.86. The maximum Gasteiger partial charge on any atom is 0.0872 e. The molecule has 1 heterocycles. The van der Waals surface area contributed by atoms with Gasteiger partial charge in [-0.15, -0.1) is 11.8 Å². The summed E-state index contributed by atoms with van der Waals surface area (Å²) in [5, 5.41) is 7.77. The van der Waals surface area contributed by atoms with Crippen LogP contribution in [0.15, 0.2) is 11.6 Å². The van der Waals surface area contributed by atoms with Gasteiger partial charge in [-0.1, -0.05) is 5.57 Å². The quantitative estimate of drug-likeness (QED) is 0.507. The first-order chi connectivity index (χ1) is 3.29. The summed E-state index contributed by atoms with van der Waals surface area (Å²) in [4.78, 5) is 0. The minimum absolute atomic E-state index is 0.706. The Morgan fingerprint density at radius 2 is 2.57 bits per heavy atom. The van der Waals surface area contributed by atoms with Crippen LogP contribution in [-0.4, -0.2) is 10.8 Å². The number of hydrogen-bond acceptors (Lipinski definition) is 2. The van der Waals surface area contributed by atoms with Crippen molar-refractivity contribution in [3.63, 3.8) is 0 Å². The normalized spacial score (nSPS) is 20.1. The molecule has 7 heavy (non-hydrogen) atoms. The predicted molar refractivity (Wildman–Crippen MR) is 33.9 cm³/mol. The van der Waals surface area contributed by atoms with Crippen molar-refractivity contribution in [2.45, 2.75) is 6.92 Å². The summed E-state index contributed by atoms with van der Waals surface area (Å²) < 4.78 is 0. The van der Waals surface area contributed by atoms with Crippen molar-refractivity contribution in [3.05, 3.63) is 11.6 Å². The molecule has 0 spiro atoms. The summed E-state index contributed by atoms with van der Waals surface area (Å²) in [6.45, 7) is 2.05. The summed E-state index contributed by atoms with van der Waals surface area (Å²) in [5.74, 6) is 1.03. The standard InChI is InChI=1S/C5H7NS/c1-4-2-5(6)7-3-4/h2,6H,3H2,1H3. The molecule has 0 aliphatic carbocycles. The lowest BCUT2D eigenvalue weighted by atomic mass is 10.3. The second-order valence-electron chi connectivity index (χ2n) is 1.64. The molecule has 1 aliphatic heterocycles. The van der Waals surface area contributed by atoms with Crippen LogP contribution < -0.4 is 0 Å². The lowest BCUT2D eigenvalue weighted by Crippen LogP contribution is -1.70. The molecule has 0 aromatic carbocycles. The van der Waals surface area contributed by atoms with Crippen LogP contribution in [0, 0.1) is 5.41 Å². The molecule has 0 aromatic rings. The van der Waals surface area contributed by atoms with Gasteiger partial charge in [-0.05, 0) is 13.0 Å². The van der Waals surface area contributed by atoms with Crippen molar-refractivity contribution in [3.8, 4) is 0 Å². The van der Waals surface area contributed by atoms with E-state index < -0.39 is 0 Å². The summed E-state index contributed by atoms with van der Waals surface area (Å²) in [6.07, 6.45) is 1.91.